The molecular weight excluding hydrogens is 333 g/mol. The van der Waals surface area contributed by atoms with Crippen molar-refractivity contribution < 1.29 is 13.2 Å². The summed E-state index contributed by atoms with van der Waals surface area (Å²) in [4.78, 5) is 0. The zero-order valence-electron chi connectivity index (χ0n) is 15.1. The summed E-state index contributed by atoms with van der Waals surface area (Å²) in [5.74, 6) is 0. The van der Waals surface area contributed by atoms with Crippen molar-refractivity contribution in [2.24, 2.45) is 0 Å². The first-order valence-electron chi connectivity index (χ1n) is 8.55. The van der Waals surface area contributed by atoms with Crippen molar-refractivity contribution in [2.75, 3.05) is 0 Å². The summed E-state index contributed by atoms with van der Waals surface area (Å²) in [6.07, 6.45) is -4.50. The average Bonchev–Trinajstić information content (AvgIpc) is 2.59. The molecule has 0 bridgehead atoms. The smallest absolute Gasteiger partial charge is 0.169 e. The molecule has 26 heavy (non-hydrogen) atoms. The maximum Gasteiger partial charge on any atom is 0.406 e. The van der Waals surface area contributed by atoms with Gasteiger partial charge in [-0.1, -0.05) is 72.8 Å². The van der Waals surface area contributed by atoms with Crippen LogP contribution >= 0.6 is 0 Å². The van der Waals surface area contributed by atoms with Crippen LogP contribution in [0.25, 0.3) is 0 Å². The Morgan fingerprint density at radius 1 is 0.500 bits per heavy atom. The first-order chi connectivity index (χ1) is 12.3. The molecule has 0 atom stereocenters. The zero-order chi connectivity index (χ0) is 18.9. The van der Waals surface area contributed by atoms with Crippen molar-refractivity contribution in [3.8, 4) is 0 Å². The molecule has 0 radical (unpaired) electrons. The molecule has 0 unspecified atom stereocenters. The molecule has 0 saturated carbocycles. The van der Waals surface area contributed by atoms with Crippen LogP contribution in [0.1, 0.15) is 33.4 Å². The van der Waals surface area contributed by atoms with Gasteiger partial charge in [0.1, 0.15) is 5.41 Å². The molecule has 134 valence electrons. The summed E-state index contributed by atoms with van der Waals surface area (Å²) in [5, 5.41) is 0. The molecule has 0 amide bonds. The summed E-state index contributed by atoms with van der Waals surface area (Å²) in [7, 11) is 0. The van der Waals surface area contributed by atoms with Gasteiger partial charge in [-0.05, 0) is 54.2 Å². The minimum absolute atomic E-state index is 0.274. The van der Waals surface area contributed by atoms with E-state index in [-0.39, 0.29) is 16.7 Å². The lowest BCUT2D eigenvalue weighted by Gasteiger charge is -2.40. The maximum absolute atomic E-state index is 15.0. The van der Waals surface area contributed by atoms with Gasteiger partial charge in [0.15, 0.2) is 0 Å². The molecule has 3 aromatic rings. The molecule has 3 rings (SSSR count). The molecule has 0 fully saturated rings. The van der Waals surface area contributed by atoms with Crippen molar-refractivity contribution in [3.05, 3.63) is 106 Å². The van der Waals surface area contributed by atoms with Crippen LogP contribution in [0.15, 0.2) is 72.8 Å². The van der Waals surface area contributed by atoms with Crippen molar-refractivity contribution in [2.45, 2.75) is 32.4 Å². The van der Waals surface area contributed by atoms with Gasteiger partial charge in [-0.3, -0.25) is 0 Å². The van der Waals surface area contributed by atoms with Crippen molar-refractivity contribution in [3.63, 3.8) is 0 Å². The number of rotatable bonds is 3. The van der Waals surface area contributed by atoms with Gasteiger partial charge in [-0.2, -0.15) is 13.2 Å². The lowest BCUT2D eigenvalue weighted by Crippen LogP contribution is -2.46. The molecule has 0 nitrogen and oxygen atoms in total. The Kier molecular flexibility index (Phi) is 4.66. The molecule has 0 aliphatic rings. The highest BCUT2D eigenvalue weighted by Crippen LogP contribution is 2.53. The predicted octanol–water partition coefficient (Wildman–Crippen LogP) is 6.51. The fourth-order valence-electron chi connectivity index (χ4n) is 3.87. The summed E-state index contributed by atoms with van der Waals surface area (Å²) in [5.41, 5.74) is 0.474. The topological polar surface area (TPSA) is 0 Å². The van der Waals surface area contributed by atoms with Gasteiger partial charge < -0.3 is 0 Å². The van der Waals surface area contributed by atoms with E-state index >= 15 is 0 Å². The van der Waals surface area contributed by atoms with E-state index in [1.54, 1.807) is 93.6 Å². The molecular formula is C23H21F3. The van der Waals surface area contributed by atoms with Crippen LogP contribution in [0, 0.1) is 20.8 Å². The van der Waals surface area contributed by atoms with E-state index in [2.05, 4.69) is 0 Å². The van der Waals surface area contributed by atoms with E-state index < -0.39 is 11.6 Å². The van der Waals surface area contributed by atoms with Crippen LogP contribution < -0.4 is 0 Å². The Hall–Kier alpha value is -2.55. The maximum atomic E-state index is 15.0. The summed E-state index contributed by atoms with van der Waals surface area (Å²) < 4.78 is 44.9. The Morgan fingerprint density at radius 2 is 0.769 bits per heavy atom. The standard InChI is InChI=1S/C23H21F3/c1-16-10-4-7-13-19(16)22(23(24,25)26,20-14-8-5-11-17(20)2)21-15-9-6-12-18(21)3/h4-15H,1-3H3. The third kappa shape index (κ3) is 2.72. The van der Waals surface area contributed by atoms with Gasteiger partial charge in [-0.25, -0.2) is 0 Å². The Bertz CT molecular complexity index is 812. The van der Waals surface area contributed by atoms with Gasteiger partial charge in [0.05, 0.1) is 0 Å². The second-order valence-electron chi connectivity index (χ2n) is 6.69. The van der Waals surface area contributed by atoms with Crippen molar-refractivity contribution >= 4 is 0 Å². The average molecular weight is 354 g/mol. The van der Waals surface area contributed by atoms with Gasteiger partial charge in [0.2, 0.25) is 0 Å². The van der Waals surface area contributed by atoms with E-state index in [0.29, 0.717) is 16.7 Å². The quantitative estimate of drug-likeness (QED) is 0.470. The van der Waals surface area contributed by atoms with E-state index in [9.17, 15) is 13.2 Å². The van der Waals surface area contributed by atoms with Crippen LogP contribution in [-0.4, -0.2) is 6.18 Å². The molecule has 0 saturated heterocycles. The first-order valence-corrected chi connectivity index (χ1v) is 8.55. The highest BCUT2D eigenvalue weighted by atomic mass is 19.4. The second-order valence-corrected chi connectivity index (χ2v) is 6.69. The lowest BCUT2D eigenvalue weighted by molar-refractivity contribution is -0.166. The van der Waals surface area contributed by atoms with Gasteiger partial charge in [0.25, 0.3) is 0 Å². The van der Waals surface area contributed by atoms with Crippen LogP contribution in [0.4, 0.5) is 13.2 Å². The Balaban J connectivity index is 2.56. The van der Waals surface area contributed by atoms with E-state index in [0.717, 1.165) is 0 Å². The highest BCUT2D eigenvalue weighted by Gasteiger charge is 2.59. The van der Waals surface area contributed by atoms with Crippen LogP contribution in [0.5, 0.6) is 0 Å². The van der Waals surface area contributed by atoms with Gasteiger partial charge in [0, 0.05) is 0 Å². The number of alkyl halides is 3. The molecule has 3 aromatic carbocycles. The third-order valence-electron chi connectivity index (χ3n) is 5.07. The second kappa shape index (κ2) is 6.64. The van der Waals surface area contributed by atoms with Gasteiger partial charge >= 0.3 is 6.18 Å². The largest absolute Gasteiger partial charge is 0.406 e. The Morgan fingerprint density at radius 3 is 1.00 bits per heavy atom. The summed E-state index contributed by atoms with van der Waals surface area (Å²) >= 11 is 0. The fourth-order valence-corrected chi connectivity index (χ4v) is 3.87. The number of halogens is 3. The monoisotopic (exact) mass is 354 g/mol. The summed E-state index contributed by atoms with van der Waals surface area (Å²) in [6.45, 7) is 5.23. The molecule has 0 spiro atoms. The van der Waals surface area contributed by atoms with Crippen LogP contribution in [0.3, 0.4) is 0 Å². The number of hydrogen-bond acceptors (Lipinski definition) is 0. The van der Waals surface area contributed by atoms with E-state index in [1.165, 1.54) is 0 Å². The van der Waals surface area contributed by atoms with E-state index in [4.69, 9.17) is 0 Å². The highest BCUT2D eigenvalue weighted by molar-refractivity contribution is 5.58. The molecule has 0 aliphatic carbocycles. The fraction of sp³-hybridized carbons (Fsp3) is 0.217. The molecule has 0 aromatic heterocycles. The van der Waals surface area contributed by atoms with Crippen LogP contribution in [0.2, 0.25) is 0 Å². The lowest BCUT2D eigenvalue weighted by atomic mass is 9.65. The molecule has 0 N–H and O–H groups in total. The zero-order valence-corrected chi connectivity index (χ0v) is 15.1. The molecule has 0 aliphatic heterocycles. The van der Waals surface area contributed by atoms with Crippen LogP contribution in [-0.2, 0) is 5.41 Å². The van der Waals surface area contributed by atoms with Crippen molar-refractivity contribution in [1.29, 1.82) is 0 Å². The van der Waals surface area contributed by atoms with E-state index in [1.807, 2.05) is 0 Å². The third-order valence-corrected chi connectivity index (χ3v) is 5.07. The predicted molar refractivity (Wildman–Crippen MR) is 99.5 cm³/mol. The number of aryl methyl sites for hydroxylation is 3. The number of hydrogen-bond donors (Lipinski definition) is 0. The van der Waals surface area contributed by atoms with Crippen molar-refractivity contribution in [1.82, 2.24) is 0 Å². The molecule has 3 heteroatoms. The minimum Gasteiger partial charge on any atom is -0.169 e. The first kappa shape index (κ1) is 18.2. The molecule has 0 heterocycles. The normalized spacial score (nSPS) is 12.2. The minimum atomic E-state index is -4.50. The van der Waals surface area contributed by atoms with Gasteiger partial charge in [-0.15, -0.1) is 0 Å². The summed E-state index contributed by atoms with van der Waals surface area (Å²) in [6, 6.07) is 20.4. The Labute approximate surface area is 152 Å². The number of benzene rings is 3. The SMILES string of the molecule is Cc1ccccc1C(c1ccccc1C)(c1ccccc1C)C(F)(F)F.